The average Bonchev–Trinajstić information content (AvgIpc) is 2.38. The van der Waals surface area contributed by atoms with Gasteiger partial charge in [-0.25, -0.2) is 0 Å². The second kappa shape index (κ2) is 7.27. The van der Waals surface area contributed by atoms with Crippen molar-refractivity contribution in [3.05, 3.63) is 34.3 Å². The zero-order valence-electron chi connectivity index (χ0n) is 11.0. The van der Waals surface area contributed by atoms with E-state index < -0.39 is 0 Å². The summed E-state index contributed by atoms with van der Waals surface area (Å²) in [6.45, 7) is 5.08. The molecule has 1 aliphatic heterocycles. The van der Waals surface area contributed by atoms with Gasteiger partial charge >= 0.3 is 0 Å². The lowest BCUT2D eigenvalue weighted by Crippen LogP contribution is -2.42. The molecule has 0 unspecified atom stereocenters. The van der Waals surface area contributed by atoms with E-state index in [-0.39, 0.29) is 23.7 Å². The minimum Gasteiger partial charge on any atom is -0.351 e. The van der Waals surface area contributed by atoms with Crippen LogP contribution in [0.15, 0.2) is 28.7 Å². The Labute approximate surface area is 129 Å². The highest BCUT2D eigenvalue weighted by molar-refractivity contribution is 9.10. The van der Waals surface area contributed by atoms with Gasteiger partial charge in [-0.1, -0.05) is 19.1 Å². The molecule has 1 aromatic carbocycles. The molecule has 106 valence electrons. The lowest BCUT2D eigenvalue weighted by molar-refractivity contribution is 0.0921. The molecule has 0 atom stereocenters. The Balaban J connectivity index is 0.00000180. The van der Waals surface area contributed by atoms with Crippen LogP contribution >= 0.6 is 28.3 Å². The van der Waals surface area contributed by atoms with Gasteiger partial charge in [-0.15, -0.1) is 12.4 Å². The Hall–Kier alpha value is -0.580. The zero-order valence-corrected chi connectivity index (χ0v) is 13.4. The van der Waals surface area contributed by atoms with Crippen LogP contribution in [0.5, 0.6) is 0 Å². The van der Waals surface area contributed by atoms with Crippen LogP contribution in [0.25, 0.3) is 0 Å². The van der Waals surface area contributed by atoms with Crippen LogP contribution in [0.3, 0.4) is 0 Å². The van der Waals surface area contributed by atoms with E-state index >= 15 is 0 Å². The molecule has 0 bridgehead atoms. The van der Waals surface area contributed by atoms with Crippen LogP contribution in [0.4, 0.5) is 0 Å². The minimum atomic E-state index is 0. The largest absolute Gasteiger partial charge is 0.351 e. The van der Waals surface area contributed by atoms with Gasteiger partial charge < -0.3 is 10.6 Å². The van der Waals surface area contributed by atoms with E-state index in [1.165, 1.54) is 0 Å². The molecular weight excluding hydrogens is 328 g/mol. The maximum Gasteiger partial charge on any atom is 0.252 e. The SMILES string of the molecule is CC1(CNC(=O)c2ccccc2Br)CCNCC1.Cl. The van der Waals surface area contributed by atoms with Crippen molar-refractivity contribution in [2.45, 2.75) is 19.8 Å². The molecule has 1 aromatic rings. The molecule has 1 saturated heterocycles. The molecule has 19 heavy (non-hydrogen) atoms. The van der Waals surface area contributed by atoms with E-state index in [9.17, 15) is 4.79 Å². The van der Waals surface area contributed by atoms with E-state index in [2.05, 4.69) is 33.5 Å². The Kier molecular flexibility index (Phi) is 6.30. The summed E-state index contributed by atoms with van der Waals surface area (Å²) in [5, 5.41) is 6.40. The molecule has 5 heteroatoms. The summed E-state index contributed by atoms with van der Waals surface area (Å²) in [6.07, 6.45) is 2.23. The number of carbonyl (C=O) groups is 1. The highest BCUT2D eigenvalue weighted by atomic mass is 79.9. The fourth-order valence-corrected chi connectivity index (χ4v) is 2.71. The Bertz CT molecular complexity index is 433. The quantitative estimate of drug-likeness (QED) is 0.882. The van der Waals surface area contributed by atoms with Gasteiger partial charge in [0.15, 0.2) is 0 Å². The molecule has 2 rings (SSSR count). The molecule has 0 spiro atoms. The molecule has 2 N–H and O–H groups in total. The summed E-state index contributed by atoms with van der Waals surface area (Å²) >= 11 is 3.41. The first kappa shape index (κ1) is 16.5. The number of amides is 1. The zero-order chi connectivity index (χ0) is 13.0. The monoisotopic (exact) mass is 346 g/mol. The van der Waals surface area contributed by atoms with Crippen molar-refractivity contribution in [2.75, 3.05) is 19.6 Å². The standard InChI is InChI=1S/C14H19BrN2O.ClH/c1-14(6-8-16-9-7-14)10-17-13(18)11-4-2-3-5-12(11)15;/h2-5,16H,6-10H2,1H3,(H,17,18);1H. The predicted octanol–water partition coefficient (Wildman–Crippen LogP) is 2.99. The molecule has 0 saturated carbocycles. The third kappa shape index (κ3) is 4.48. The third-order valence-electron chi connectivity index (χ3n) is 3.60. The topological polar surface area (TPSA) is 41.1 Å². The molecule has 1 amide bonds. The molecule has 1 heterocycles. The van der Waals surface area contributed by atoms with Gasteiger partial charge in [0.25, 0.3) is 5.91 Å². The number of hydrogen-bond donors (Lipinski definition) is 2. The van der Waals surface area contributed by atoms with E-state index in [4.69, 9.17) is 0 Å². The number of carbonyl (C=O) groups excluding carboxylic acids is 1. The van der Waals surface area contributed by atoms with Crippen LogP contribution in [-0.4, -0.2) is 25.5 Å². The number of nitrogens with one attached hydrogen (secondary N) is 2. The molecule has 0 aliphatic carbocycles. The number of piperidine rings is 1. The Morgan fingerprint density at radius 3 is 2.63 bits per heavy atom. The summed E-state index contributed by atoms with van der Waals surface area (Å²) in [5.41, 5.74) is 0.928. The number of benzene rings is 1. The number of halogens is 2. The van der Waals surface area contributed by atoms with Crippen molar-refractivity contribution in [3.8, 4) is 0 Å². The lowest BCUT2D eigenvalue weighted by atomic mass is 9.81. The fraction of sp³-hybridized carbons (Fsp3) is 0.500. The van der Waals surface area contributed by atoms with Crippen molar-refractivity contribution >= 4 is 34.2 Å². The van der Waals surface area contributed by atoms with Crippen LogP contribution in [0.2, 0.25) is 0 Å². The first-order valence-corrected chi connectivity index (χ1v) is 7.13. The van der Waals surface area contributed by atoms with Gasteiger partial charge in [-0.2, -0.15) is 0 Å². The summed E-state index contributed by atoms with van der Waals surface area (Å²) < 4.78 is 0.845. The molecular formula is C14H20BrClN2O. The van der Waals surface area contributed by atoms with Crippen LogP contribution in [0.1, 0.15) is 30.1 Å². The Morgan fingerprint density at radius 2 is 2.00 bits per heavy atom. The van der Waals surface area contributed by atoms with Gasteiger partial charge in [-0.05, 0) is 59.4 Å². The molecule has 1 aliphatic rings. The predicted molar refractivity (Wildman–Crippen MR) is 83.9 cm³/mol. The fourth-order valence-electron chi connectivity index (χ4n) is 2.24. The molecule has 0 radical (unpaired) electrons. The maximum absolute atomic E-state index is 12.1. The van der Waals surface area contributed by atoms with Gasteiger partial charge in [0, 0.05) is 11.0 Å². The average molecular weight is 348 g/mol. The highest BCUT2D eigenvalue weighted by Crippen LogP contribution is 2.27. The summed E-state index contributed by atoms with van der Waals surface area (Å²) in [7, 11) is 0. The smallest absolute Gasteiger partial charge is 0.252 e. The number of hydrogen-bond acceptors (Lipinski definition) is 2. The van der Waals surface area contributed by atoms with Crippen molar-refractivity contribution in [1.82, 2.24) is 10.6 Å². The maximum atomic E-state index is 12.1. The van der Waals surface area contributed by atoms with E-state index in [0.29, 0.717) is 5.56 Å². The van der Waals surface area contributed by atoms with E-state index in [1.807, 2.05) is 24.3 Å². The minimum absolute atomic E-state index is 0. The van der Waals surface area contributed by atoms with Crippen LogP contribution < -0.4 is 10.6 Å². The molecule has 0 aromatic heterocycles. The van der Waals surface area contributed by atoms with Crippen LogP contribution in [-0.2, 0) is 0 Å². The van der Waals surface area contributed by atoms with Crippen LogP contribution in [0, 0.1) is 5.41 Å². The second-order valence-electron chi connectivity index (χ2n) is 5.22. The third-order valence-corrected chi connectivity index (χ3v) is 4.30. The molecule has 1 fully saturated rings. The van der Waals surface area contributed by atoms with Gasteiger partial charge in [0.05, 0.1) is 5.56 Å². The van der Waals surface area contributed by atoms with Crippen molar-refractivity contribution in [1.29, 1.82) is 0 Å². The highest BCUT2D eigenvalue weighted by Gasteiger charge is 2.27. The number of rotatable bonds is 3. The van der Waals surface area contributed by atoms with E-state index in [1.54, 1.807) is 0 Å². The van der Waals surface area contributed by atoms with Gasteiger partial charge in [-0.3, -0.25) is 4.79 Å². The van der Waals surface area contributed by atoms with E-state index in [0.717, 1.165) is 36.9 Å². The van der Waals surface area contributed by atoms with Crippen molar-refractivity contribution < 1.29 is 4.79 Å². The normalized spacial score (nSPS) is 17.4. The molecule has 3 nitrogen and oxygen atoms in total. The summed E-state index contributed by atoms with van der Waals surface area (Å²) in [4.78, 5) is 12.1. The summed E-state index contributed by atoms with van der Waals surface area (Å²) in [6, 6.07) is 7.52. The summed E-state index contributed by atoms with van der Waals surface area (Å²) in [5.74, 6) is 0.00207. The Morgan fingerprint density at radius 1 is 1.37 bits per heavy atom. The first-order valence-electron chi connectivity index (χ1n) is 6.34. The van der Waals surface area contributed by atoms with Gasteiger partial charge in [0.2, 0.25) is 0 Å². The lowest BCUT2D eigenvalue weighted by Gasteiger charge is -2.34. The second-order valence-corrected chi connectivity index (χ2v) is 6.08. The van der Waals surface area contributed by atoms with Crippen molar-refractivity contribution in [2.24, 2.45) is 5.41 Å². The van der Waals surface area contributed by atoms with Crippen molar-refractivity contribution in [3.63, 3.8) is 0 Å². The first-order chi connectivity index (χ1) is 8.61. The van der Waals surface area contributed by atoms with Gasteiger partial charge in [0.1, 0.15) is 0 Å².